The SMILES string of the molecule is CCc1nc(C(=O)NCC2(C#N)CCC(C)CC2)c(C)n1-c1ncc(CC(C)(C)C(F)(F)F)cc1OC. The molecule has 0 bridgehead atoms. The van der Waals surface area contributed by atoms with Gasteiger partial charge in [-0.1, -0.05) is 27.7 Å². The Labute approximate surface area is 216 Å². The number of alkyl halides is 3. The number of aromatic nitrogens is 3. The van der Waals surface area contributed by atoms with Gasteiger partial charge in [0, 0.05) is 19.2 Å². The molecule has 3 rings (SSSR count). The number of hydrogen-bond acceptors (Lipinski definition) is 5. The summed E-state index contributed by atoms with van der Waals surface area (Å²) in [6.45, 7) is 8.36. The third-order valence-electron chi connectivity index (χ3n) is 7.50. The Bertz CT molecular complexity index is 1170. The fraction of sp³-hybridized carbons (Fsp3) is 0.630. The maximum atomic E-state index is 13.4. The third kappa shape index (κ3) is 5.91. The van der Waals surface area contributed by atoms with Crippen LogP contribution in [0.3, 0.4) is 0 Å². The molecule has 0 unspecified atom stereocenters. The lowest BCUT2D eigenvalue weighted by Crippen LogP contribution is -2.39. The number of methoxy groups -OCH3 is 1. The summed E-state index contributed by atoms with van der Waals surface area (Å²) >= 11 is 0. The van der Waals surface area contributed by atoms with Gasteiger partial charge in [0.25, 0.3) is 5.91 Å². The highest BCUT2D eigenvalue weighted by Gasteiger charge is 2.47. The molecule has 0 radical (unpaired) electrons. The normalized spacial score (nSPS) is 20.4. The molecule has 7 nitrogen and oxygen atoms in total. The van der Waals surface area contributed by atoms with Gasteiger partial charge in [-0.15, -0.1) is 0 Å². The van der Waals surface area contributed by atoms with Crippen LogP contribution < -0.4 is 10.1 Å². The summed E-state index contributed by atoms with van der Waals surface area (Å²) in [4.78, 5) is 22.1. The second-order valence-electron chi connectivity index (χ2n) is 10.8. The number of hydrogen-bond donors (Lipinski definition) is 1. The molecule has 2 heterocycles. The fourth-order valence-electron chi connectivity index (χ4n) is 4.77. The van der Waals surface area contributed by atoms with Crippen molar-refractivity contribution in [3.05, 3.63) is 35.0 Å². The summed E-state index contributed by atoms with van der Waals surface area (Å²) in [5.41, 5.74) is -1.35. The number of aryl methyl sites for hydroxylation is 1. The molecule has 1 amide bonds. The van der Waals surface area contributed by atoms with Gasteiger partial charge in [-0.2, -0.15) is 18.4 Å². The number of pyridine rings is 1. The second kappa shape index (κ2) is 10.7. The van der Waals surface area contributed by atoms with Crippen LogP contribution in [0.15, 0.2) is 12.3 Å². The van der Waals surface area contributed by atoms with E-state index in [1.807, 2.05) is 6.92 Å². The fourth-order valence-corrected chi connectivity index (χ4v) is 4.77. The van der Waals surface area contributed by atoms with E-state index in [-0.39, 0.29) is 30.3 Å². The van der Waals surface area contributed by atoms with E-state index >= 15 is 0 Å². The molecule has 10 heteroatoms. The molecule has 202 valence electrons. The molecule has 0 saturated heterocycles. The van der Waals surface area contributed by atoms with Gasteiger partial charge in [-0.05, 0) is 56.6 Å². The number of imidazole rings is 1. The van der Waals surface area contributed by atoms with Crippen LogP contribution in [0.1, 0.15) is 80.9 Å². The first-order valence-electron chi connectivity index (χ1n) is 12.6. The van der Waals surface area contributed by atoms with Crippen LogP contribution in [0.2, 0.25) is 0 Å². The van der Waals surface area contributed by atoms with Crippen molar-refractivity contribution in [3.8, 4) is 17.6 Å². The predicted octanol–water partition coefficient (Wildman–Crippen LogP) is 5.73. The minimum absolute atomic E-state index is 0.222. The molecule has 0 atom stereocenters. The van der Waals surface area contributed by atoms with E-state index in [9.17, 15) is 23.2 Å². The largest absolute Gasteiger partial charge is 0.493 e. The van der Waals surface area contributed by atoms with E-state index in [2.05, 4.69) is 28.3 Å². The first-order valence-corrected chi connectivity index (χ1v) is 12.6. The lowest BCUT2D eigenvalue weighted by molar-refractivity contribution is -0.211. The van der Waals surface area contributed by atoms with Crippen molar-refractivity contribution in [1.82, 2.24) is 19.9 Å². The highest BCUT2D eigenvalue weighted by atomic mass is 19.4. The van der Waals surface area contributed by atoms with E-state index in [0.717, 1.165) is 39.5 Å². The standard InChI is InChI=1S/C27H36F3N5O2/c1-7-21-34-22(24(36)33-16-26(15-31)10-8-17(2)9-11-26)18(3)35(21)23-20(37-6)12-19(14-32-23)13-25(4,5)27(28,29)30/h12,14,17H,7-11,13,16H2,1-6H3,(H,33,36). The smallest absolute Gasteiger partial charge is 0.394 e. The van der Waals surface area contributed by atoms with Crippen LogP contribution >= 0.6 is 0 Å². The molecule has 1 fully saturated rings. The van der Waals surface area contributed by atoms with E-state index in [4.69, 9.17) is 4.74 Å². The van der Waals surface area contributed by atoms with Gasteiger partial charge < -0.3 is 10.1 Å². The van der Waals surface area contributed by atoms with E-state index in [1.54, 1.807) is 17.6 Å². The number of carbonyl (C=O) groups excluding carboxylic acids is 1. The summed E-state index contributed by atoms with van der Waals surface area (Å²) in [6, 6.07) is 3.97. The number of amides is 1. The molecular formula is C27H36F3N5O2. The maximum absolute atomic E-state index is 13.4. The summed E-state index contributed by atoms with van der Waals surface area (Å²) in [5.74, 6) is 1.42. The zero-order valence-electron chi connectivity index (χ0n) is 22.4. The Morgan fingerprint density at radius 1 is 1.32 bits per heavy atom. The molecule has 1 aliphatic rings. The highest BCUT2D eigenvalue weighted by molar-refractivity contribution is 5.93. The number of ether oxygens (including phenoxy) is 1. The quantitative estimate of drug-likeness (QED) is 0.481. The van der Waals surface area contributed by atoms with Gasteiger partial charge in [0.05, 0.1) is 29.7 Å². The molecule has 37 heavy (non-hydrogen) atoms. The van der Waals surface area contributed by atoms with Crippen LogP contribution in [0.25, 0.3) is 5.82 Å². The number of nitrogens with zero attached hydrogens (tertiary/aromatic N) is 4. The molecule has 0 spiro atoms. The van der Waals surface area contributed by atoms with Crippen molar-refractivity contribution in [1.29, 1.82) is 5.26 Å². The number of halogens is 3. The minimum Gasteiger partial charge on any atom is -0.493 e. The van der Waals surface area contributed by atoms with E-state index < -0.39 is 17.0 Å². The number of carbonyl (C=O) groups is 1. The number of nitrogens with one attached hydrogen (secondary N) is 1. The lowest BCUT2D eigenvalue weighted by atomic mass is 9.72. The van der Waals surface area contributed by atoms with E-state index in [0.29, 0.717) is 35.2 Å². The molecule has 1 N–H and O–H groups in total. The Morgan fingerprint density at radius 2 is 1.97 bits per heavy atom. The van der Waals surface area contributed by atoms with Crippen LogP contribution in [-0.4, -0.2) is 40.3 Å². The Balaban J connectivity index is 1.89. The van der Waals surface area contributed by atoms with Crippen molar-refractivity contribution < 1.29 is 22.7 Å². The lowest BCUT2D eigenvalue weighted by Gasteiger charge is -2.33. The molecule has 1 aliphatic carbocycles. The average molecular weight is 520 g/mol. The van der Waals surface area contributed by atoms with Crippen LogP contribution in [0.4, 0.5) is 13.2 Å². The molecular weight excluding hydrogens is 483 g/mol. The van der Waals surface area contributed by atoms with Gasteiger partial charge in [-0.25, -0.2) is 9.97 Å². The zero-order valence-corrected chi connectivity index (χ0v) is 22.4. The molecule has 0 aromatic carbocycles. The summed E-state index contributed by atoms with van der Waals surface area (Å²) in [5, 5.41) is 12.7. The Kier molecular flexibility index (Phi) is 8.25. The van der Waals surface area contributed by atoms with E-state index in [1.165, 1.54) is 13.3 Å². The van der Waals surface area contributed by atoms with Crippen molar-refractivity contribution in [2.24, 2.45) is 16.7 Å². The zero-order chi connectivity index (χ0) is 27.6. The first-order chi connectivity index (χ1) is 17.3. The van der Waals surface area contributed by atoms with Crippen LogP contribution in [-0.2, 0) is 12.8 Å². The first kappa shape index (κ1) is 28.5. The van der Waals surface area contributed by atoms with Gasteiger partial charge >= 0.3 is 6.18 Å². The predicted molar refractivity (Wildman–Crippen MR) is 134 cm³/mol. The van der Waals surface area contributed by atoms with Crippen LogP contribution in [0.5, 0.6) is 5.75 Å². The molecule has 2 aromatic rings. The molecule has 2 aromatic heterocycles. The second-order valence-corrected chi connectivity index (χ2v) is 10.8. The summed E-state index contributed by atoms with van der Waals surface area (Å²) in [6.07, 6.45) is 0.687. The summed E-state index contributed by atoms with van der Waals surface area (Å²) in [7, 11) is 1.43. The van der Waals surface area contributed by atoms with Gasteiger partial charge in [0.1, 0.15) is 11.5 Å². The van der Waals surface area contributed by atoms with Crippen molar-refractivity contribution >= 4 is 5.91 Å². The molecule has 0 aliphatic heterocycles. The van der Waals surface area contributed by atoms with Gasteiger partial charge in [0.15, 0.2) is 11.6 Å². The topological polar surface area (TPSA) is 92.8 Å². The Hall–Kier alpha value is -3.09. The van der Waals surface area contributed by atoms with Crippen molar-refractivity contribution in [2.75, 3.05) is 13.7 Å². The minimum atomic E-state index is -4.36. The third-order valence-corrected chi connectivity index (χ3v) is 7.50. The highest BCUT2D eigenvalue weighted by Crippen LogP contribution is 2.41. The number of rotatable bonds is 8. The van der Waals surface area contributed by atoms with Crippen LogP contribution in [0, 0.1) is 35.0 Å². The monoisotopic (exact) mass is 519 g/mol. The Morgan fingerprint density at radius 3 is 2.51 bits per heavy atom. The average Bonchev–Trinajstić information content (AvgIpc) is 3.18. The van der Waals surface area contributed by atoms with Crippen molar-refractivity contribution in [3.63, 3.8) is 0 Å². The van der Waals surface area contributed by atoms with Crippen molar-refractivity contribution in [2.45, 2.75) is 79.3 Å². The van der Waals surface area contributed by atoms with Gasteiger partial charge in [-0.3, -0.25) is 9.36 Å². The molecule has 1 saturated carbocycles. The number of nitriles is 1. The maximum Gasteiger partial charge on any atom is 0.394 e. The van der Waals surface area contributed by atoms with Gasteiger partial charge in [0.2, 0.25) is 0 Å². The summed E-state index contributed by atoms with van der Waals surface area (Å²) < 4.78 is 47.4.